The van der Waals surface area contributed by atoms with E-state index in [2.05, 4.69) is 10.4 Å². The lowest BCUT2D eigenvalue weighted by molar-refractivity contribution is -0.385. The second-order valence-electron chi connectivity index (χ2n) is 5.96. The van der Waals surface area contributed by atoms with Crippen LogP contribution in [0, 0.1) is 10.1 Å². The van der Waals surface area contributed by atoms with Crippen molar-refractivity contribution >= 4 is 38.9 Å². The van der Waals surface area contributed by atoms with Gasteiger partial charge in [0, 0.05) is 18.8 Å². The Morgan fingerprint density at radius 1 is 1.33 bits per heavy atom. The van der Waals surface area contributed by atoms with E-state index in [0.717, 1.165) is 29.9 Å². The summed E-state index contributed by atoms with van der Waals surface area (Å²) in [6.45, 7) is 0.616. The average Bonchev–Trinajstić information content (AvgIpc) is 3.28. The van der Waals surface area contributed by atoms with Gasteiger partial charge in [0.15, 0.2) is 0 Å². The molecule has 12 heteroatoms. The van der Waals surface area contributed by atoms with E-state index in [1.54, 1.807) is 0 Å². The fourth-order valence-electron chi connectivity index (χ4n) is 2.73. The summed E-state index contributed by atoms with van der Waals surface area (Å²) in [5.41, 5.74) is 0.0251. The summed E-state index contributed by atoms with van der Waals surface area (Å²) in [6.07, 6.45) is 3.76. The maximum Gasteiger partial charge on any atom is 0.307 e. The van der Waals surface area contributed by atoms with Crippen molar-refractivity contribution in [1.82, 2.24) is 14.1 Å². The van der Waals surface area contributed by atoms with Crippen molar-refractivity contribution in [3.63, 3.8) is 0 Å². The van der Waals surface area contributed by atoms with Crippen molar-refractivity contribution in [2.75, 3.05) is 18.4 Å². The van der Waals surface area contributed by atoms with Crippen LogP contribution in [-0.2, 0) is 21.4 Å². The summed E-state index contributed by atoms with van der Waals surface area (Å²) in [5.74, 6) is -0.514. The number of nitro groups is 1. The van der Waals surface area contributed by atoms with E-state index in [0.29, 0.717) is 13.1 Å². The minimum absolute atomic E-state index is 0.0707. The summed E-state index contributed by atoms with van der Waals surface area (Å²) < 4.78 is 27.9. The number of hydrogen-bond donors (Lipinski definition) is 1. The molecule has 1 fully saturated rings. The first-order valence-electron chi connectivity index (χ1n) is 8.04. The average molecular weight is 414 g/mol. The van der Waals surface area contributed by atoms with Crippen molar-refractivity contribution in [1.29, 1.82) is 0 Å². The Hall–Kier alpha value is -2.50. The molecule has 0 saturated carbocycles. The van der Waals surface area contributed by atoms with Crippen LogP contribution in [0.3, 0.4) is 0 Å². The smallest absolute Gasteiger partial charge is 0.307 e. The third-order valence-electron chi connectivity index (χ3n) is 4.03. The van der Waals surface area contributed by atoms with Crippen molar-refractivity contribution in [3.8, 4) is 0 Å². The second-order valence-corrected chi connectivity index (χ2v) is 8.27. The molecule has 1 amide bonds. The largest absolute Gasteiger partial charge is 0.324 e. The number of carbonyl (C=O) groups excluding carboxylic acids is 1. The highest BCUT2D eigenvalue weighted by atomic mass is 35.5. The van der Waals surface area contributed by atoms with Crippen LogP contribution in [0.1, 0.15) is 12.8 Å². The van der Waals surface area contributed by atoms with Gasteiger partial charge in [0.25, 0.3) is 0 Å². The predicted octanol–water partition coefficient (Wildman–Crippen LogP) is 1.87. The summed E-state index contributed by atoms with van der Waals surface area (Å²) in [4.78, 5) is 22.1. The standard InChI is InChI=1S/C15H16ClN5O5S/c16-13-4-3-11(7-14(13)27(25,26)20-5-1-2-6-20)18-15(22)10-19-9-12(8-17-19)21(23)24/h3-4,7-9H,1-2,5-6,10H2,(H,18,22). The normalized spacial score (nSPS) is 15.0. The van der Waals surface area contributed by atoms with Crippen LogP contribution in [0.2, 0.25) is 5.02 Å². The minimum atomic E-state index is -3.74. The lowest BCUT2D eigenvalue weighted by Gasteiger charge is -2.17. The number of sulfonamides is 1. The molecule has 2 aromatic rings. The quantitative estimate of drug-likeness (QED) is 0.568. The van der Waals surface area contributed by atoms with Gasteiger partial charge < -0.3 is 5.32 Å². The fourth-order valence-corrected chi connectivity index (χ4v) is 4.74. The summed E-state index contributed by atoms with van der Waals surface area (Å²) in [5, 5.41) is 17.0. The van der Waals surface area contributed by atoms with Gasteiger partial charge in [-0.1, -0.05) is 11.6 Å². The highest BCUT2D eigenvalue weighted by Crippen LogP contribution is 2.29. The highest BCUT2D eigenvalue weighted by Gasteiger charge is 2.29. The highest BCUT2D eigenvalue weighted by molar-refractivity contribution is 7.89. The first kappa shape index (κ1) is 19.3. The molecule has 10 nitrogen and oxygen atoms in total. The van der Waals surface area contributed by atoms with E-state index >= 15 is 0 Å². The Kier molecular flexibility index (Phi) is 5.44. The van der Waals surface area contributed by atoms with Crippen LogP contribution < -0.4 is 5.32 Å². The first-order chi connectivity index (χ1) is 12.8. The molecule has 0 spiro atoms. The topological polar surface area (TPSA) is 127 Å². The maximum atomic E-state index is 12.7. The van der Waals surface area contributed by atoms with Crippen LogP contribution in [0.15, 0.2) is 35.5 Å². The monoisotopic (exact) mass is 413 g/mol. The third kappa shape index (κ3) is 4.26. The van der Waals surface area contributed by atoms with Crippen LogP contribution in [-0.4, -0.2) is 46.4 Å². The predicted molar refractivity (Wildman–Crippen MR) is 97.0 cm³/mol. The zero-order chi connectivity index (χ0) is 19.6. The van der Waals surface area contributed by atoms with Gasteiger partial charge >= 0.3 is 5.69 Å². The van der Waals surface area contributed by atoms with Crippen LogP contribution in [0.5, 0.6) is 0 Å². The molecule has 1 aliphatic heterocycles. The molecule has 1 aromatic carbocycles. The van der Waals surface area contributed by atoms with Gasteiger partial charge in [-0.15, -0.1) is 0 Å². The zero-order valence-corrected chi connectivity index (χ0v) is 15.6. The van der Waals surface area contributed by atoms with Gasteiger partial charge in [-0.3, -0.25) is 19.6 Å². The molecule has 144 valence electrons. The molecule has 0 atom stereocenters. The molecular formula is C15H16ClN5O5S. The Bertz CT molecular complexity index is 984. The van der Waals surface area contributed by atoms with Crippen LogP contribution in [0.25, 0.3) is 0 Å². The van der Waals surface area contributed by atoms with E-state index in [4.69, 9.17) is 11.6 Å². The van der Waals surface area contributed by atoms with Gasteiger partial charge in [-0.25, -0.2) is 8.42 Å². The molecular weight excluding hydrogens is 398 g/mol. The van der Waals surface area contributed by atoms with E-state index in [-0.39, 0.29) is 27.8 Å². The number of nitrogens with zero attached hydrogens (tertiary/aromatic N) is 4. The number of rotatable bonds is 6. The number of benzene rings is 1. The molecule has 27 heavy (non-hydrogen) atoms. The van der Waals surface area contributed by atoms with Gasteiger partial charge in [0.1, 0.15) is 23.8 Å². The second kappa shape index (κ2) is 7.62. The molecule has 1 N–H and O–H groups in total. The van der Waals surface area contributed by atoms with Crippen molar-refractivity contribution in [3.05, 3.63) is 45.7 Å². The number of hydrogen-bond acceptors (Lipinski definition) is 6. The molecule has 1 saturated heterocycles. The molecule has 0 bridgehead atoms. The van der Waals surface area contributed by atoms with Gasteiger partial charge in [0.05, 0.1) is 9.95 Å². The van der Waals surface area contributed by atoms with Gasteiger partial charge in [-0.2, -0.15) is 9.40 Å². The molecule has 2 heterocycles. The van der Waals surface area contributed by atoms with Crippen LogP contribution in [0.4, 0.5) is 11.4 Å². The molecule has 0 radical (unpaired) electrons. The first-order valence-corrected chi connectivity index (χ1v) is 9.85. The van der Waals surface area contributed by atoms with E-state index in [1.807, 2.05) is 0 Å². The fraction of sp³-hybridized carbons (Fsp3) is 0.333. The molecule has 1 aliphatic rings. The van der Waals surface area contributed by atoms with E-state index in [1.165, 1.54) is 22.5 Å². The number of aromatic nitrogens is 2. The van der Waals surface area contributed by atoms with Crippen molar-refractivity contribution in [2.45, 2.75) is 24.3 Å². The number of carbonyl (C=O) groups is 1. The van der Waals surface area contributed by atoms with Crippen LogP contribution >= 0.6 is 11.6 Å². The minimum Gasteiger partial charge on any atom is -0.324 e. The zero-order valence-electron chi connectivity index (χ0n) is 14.0. The Morgan fingerprint density at radius 2 is 2.04 bits per heavy atom. The SMILES string of the molecule is O=C(Cn1cc([N+](=O)[O-])cn1)Nc1ccc(Cl)c(S(=O)(=O)N2CCCC2)c1. The number of amides is 1. The number of halogens is 1. The number of nitrogens with one attached hydrogen (secondary N) is 1. The Labute approximate surface area is 159 Å². The Morgan fingerprint density at radius 3 is 2.67 bits per heavy atom. The summed E-state index contributed by atoms with van der Waals surface area (Å²) in [7, 11) is -3.74. The molecule has 0 unspecified atom stereocenters. The Balaban J connectivity index is 1.75. The van der Waals surface area contributed by atoms with Gasteiger partial charge in [-0.05, 0) is 31.0 Å². The molecule has 1 aromatic heterocycles. The van der Waals surface area contributed by atoms with Gasteiger partial charge in [0.2, 0.25) is 15.9 Å². The maximum absolute atomic E-state index is 12.7. The molecule has 3 rings (SSSR count). The third-order valence-corrected chi connectivity index (χ3v) is 6.41. The van der Waals surface area contributed by atoms with E-state index in [9.17, 15) is 23.3 Å². The summed E-state index contributed by atoms with van der Waals surface area (Å²) >= 11 is 6.06. The van der Waals surface area contributed by atoms with Crippen molar-refractivity contribution < 1.29 is 18.1 Å². The number of anilines is 1. The van der Waals surface area contributed by atoms with E-state index < -0.39 is 20.9 Å². The van der Waals surface area contributed by atoms with Crippen molar-refractivity contribution in [2.24, 2.45) is 0 Å². The lowest BCUT2D eigenvalue weighted by Crippen LogP contribution is -2.28. The molecule has 0 aliphatic carbocycles. The summed E-state index contributed by atoms with van der Waals surface area (Å²) in [6, 6.07) is 4.19. The lowest BCUT2D eigenvalue weighted by atomic mass is 10.3.